The molecule has 0 atom stereocenters. The summed E-state index contributed by atoms with van der Waals surface area (Å²) >= 11 is 3.30. The maximum absolute atomic E-state index is 11.5. The quantitative estimate of drug-likeness (QED) is 0.690. The fourth-order valence-electron chi connectivity index (χ4n) is 0.784. The lowest BCUT2D eigenvalue weighted by Crippen LogP contribution is -2.40. The minimum atomic E-state index is -0.477. The Balaban J connectivity index is 3.94. The third kappa shape index (κ3) is 4.07. The highest BCUT2D eigenvalue weighted by Gasteiger charge is 2.26. The van der Waals surface area contributed by atoms with Crippen LogP contribution >= 0.6 is 15.9 Å². The molecule has 12 heavy (non-hydrogen) atoms. The normalized spacial score (nSPS) is 11.4. The highest BCUT2D eigenvalue weighted by molar-refractivity contribution is 9.10. The number of halogens is 1. The third-order valence-corrected chi connectivity index (χ3v) is 1.83. The molecule has 0 aliphatic carbocycles. The fourth-order valence-corrected chi connectivity index (χ4v) is 1.09. The third-order valence-electron chi connectivity index (χ3n) is 1.49. The monoisotopic (exact) mass is 237 g/mol. The number of amides is 1. The maximum atomic E-state index is 11.5. The van der Waals surface area contributed by atoms with Crippen LogP contribution in [-0.4, -0.2) is 42.4 Å². The molecule has 0 saturated carbocycles. The summed E-state index contributed by atoms with van der Waals surface area (Å²) in [7, 11) is 3.39. The molecule has 0 rings (SSSR count). The summed E-state index contributed by atoms with van der Waals surface area (Å²) < 4.78 is 4.39. The van der Waals surface area contributed by atoms with Gasteiger partial charge in [-0.05, 0) is 13.8 Å². The molecule has 1 amide bonds. The number of likely N-dealkylation sites (N-methyl/N-ethyl adjacent to an activating group) is 1. The Bertz CT molecular complexity index is 154. The van der Waals surface area contributed by atoms with Gasteiger partial charge < -0.3 is 9.64 Å². The second kappa shape index (κ2) is 4.82. The molecular weight excluding hydrogens is 222 g/mol. The van der Waals surface area contributed by atoms with Crippen LogP contribution in [0.4, 0.5) is 0 Å². The van der Waals surface area contributed by atoms with E-state index in [0.717, 1.165) is 0 Å². The summed E-state index contributed by atoms with van der Waals surface area (Å²) in [6.07, 6.45) is 0. The zero-order chi connectivity index (χ0) is 9.78. The van der Waals surface area contributed by atoms with Crippen molar-refractivity contribution >= 4 is 21.8 Å². The van der Waals surface area contributed by atoms with Crippen LogP contribution in [0.1, 0.15) is 13.8 Å². The van der Waals surface area contributed by atoms with Gasteiger partial charge in [0.2, 0.25) is 5.91 Å². The van der Waals surface area contributed by atoms with E-state index in [1.54, 1.807) is 19.1 Å². The Morgan fingerprint density at radius 1 is 1.58 bits per heavy atom. The Hall–Kier alpha value is -0.0900. The van der Waals surface area contributed by atoms with Gasteiger partial charge >= 0.3 is 0 Å². The number of nitrogens with zero attached hydrogens (tertiary/aromatic N) is 1. The Labute approximate surface area is 82.2 Å². The highest BCUT2D eigenvalue weighted by atomic mass is 79.9. The molecular formula is C8H16BrNO2. The van der Waals surface area contributed by atoms with Crippen molar-refractivity contribution in [1.29, 1.82) is 0 Å². The first-order valence-electron chi connectivity index (χ1n) is 3.83. The molecule has 0 heterocycles. The molecule has 0 aromatic carbocycles. The average molecular weight is 238 g/mol. The zero-order valence-electron chi connectivity index (χ0n) is 8.06. The number of hydrogen-bond donors (Lipinski definition) is 0. The number of carbonyl (C=O) groups is 1. The molecule has 0 fully saturated rings. The molecule has 72 valence electrons. The van der Waals surface area contributed by atoms with Crippen LogP contribution in [-0.2, 0) is 9.53 Å². The van der Waals surface area contributed by atoms with E-state index < -0.39 is 4.32 Å². The second-order valence-corrected chi connectivity index (χ2v) is 5.17. The van der Waals surface area contributed by atoms with Gasteiger partial charge in [-0.25, -0.2) is 0 Å². The van der Waals surface area contributed by atoms with Crippen molar-refractivity contribution in [2.45, 2.75) is 18.2 Å². The van der Waals surface area contributed by atoms with E-state index >= 15 is 0 Å². The molecule has 0 spiro atoms. The Kier molecular flexibility index (Phi) is 4.78. The predicted octanol–water partition coefficient (Wildman–Crippen LogP) is 1.26. The van der Waals surface area contributed by atoms with Crippen LogP contribution in [0.5, 0.6) is 0 Å². The summed E-state index contributed by atoms with van der Waals surface area (Å²) in [6.45, 7) is 4.87. The molecule has 0 aliphatic rings. The molecule has 0 radical (unpaired) electrons. The lowest BCUT2D eigenvalue weighted by Gasteiger charge is -2.24. The smallest absolute Gasteiger partial charge is 0.238 e. The largest absolute Gasteiger partial charge is 0.383 e. The van der Waals surface area contributed by atoms with E-state index in [0.29, 0.717) is 13.2 Å². The van der Waals surface area contributed by atoms with Gasteiger partial charge in [0.25, 0.3) is 0 Å². The first kappa shape index (κ1) is 11.9. The maximum Gasteiger partial charge on any atom is 0.238 e. The molecule has 0 N–H and O–H groups in total. The van der Waals surface area contributed by atoms with Crippen molar-refractivity contribution in [3.63, 3.8) is 0 Å². The summed E-state index contributed by atoms with van der Waals surface area (Å²) in [5.41, 5.74) is 0. The SMILES string of the molecule is COCCN(C)C(=O)C(C)(C)Br. The highest BCUT2D eigenvalue weighted by Crippen LogP contribution is 2.18. The minimum absolute atomic E-state index is 0.0690. The van der Waals surface area contributed by atoms with E-state index in [4.69, 9.17) is 4.74 Å². The summed E-state index contributed by atoms with van der Waals surface area (Å²) in [5.74, 6) is 0.0690. The van der Waals surface area contributed by atoms with Crippen LogP contribution in [0.25, 0.3) is 0 Å². The molecule has 0 aliphatic heterocycles. The first-order valence-corrected chi connectivity index (χ1v) is 4.62. The number of rotatable bonds is 4. The van der Waals surface area contributed by atoms with Gasteiger partial charge in [-0.3, -0.25) is 4.79 Å². The number of hydrogen-bond acceptors (Lipinski definition) is 2. The standard InChI is InChI=1S/C8H16BrNO2/c1-8(2,9)7(11)10(3)5-6-12-4/h5-6H2,1-4H3. The van der Waals surface area contributed by atoms with Crippen LogP contribution < -0.4 is 0 Å². The topological polar surface area (TPSA) is 29.5 Å². The zero-order valence-corrected chi connectivity index (χ0v) is 9.64. The van der Waals surface area contributed by atoms with Crippen molar-refractivity contribution in [1.82, 2.24) is 4.90 Å². The molecule has 3 nitrogen and oxygen atoms in total. The van der Waals surface area contributed by atoms with Gasteiger partial charge in [0.15, 0.2) is 0 Å². The molecule has 0 bridgehead atoms. The van der Waals surface area contributed by atoms with Crippen molar-refractivity contribution in [2.24, 2.45) is 0 Å². The van der Waals surface area contributed by atoms with Gasteiger partial charge in [-0.1, -0.05) is 15.9 Å². The van der Waals surface area contributed by atoms with Crippen LogP contribution in [0, 0.1) is 0 Å². The molecule has 0 saturated heterocycles. The molecule has 0 aromatic rings. The van der Waals surface area contributed by atoms with Crippen molar-refractivity contribution in [3.8, 4) is 0 Å². The van der Waals surface area contributed by atoms with Gasteiger partial charge in [-0.2, -0.15) is 0 Å². The Morgan fingerprint density at radius 3 is 2.42 bits per heavy atom. The van der Waals surface area contributed by atoms with E-state index in [1.165, 1.54) is 0 Å². The van der Waals surface area contributed by atoms with Crippen LogP contribution in [0.15, 0.2) is 0 Å². The lowest BCUT2D eigenvalue weighted by molar-refractivity contribution is -0.131. The van der Waals surface area contributed by atoms with Crippen LogP contribution in [0.3, 0.4) is 0 Å². The number of carbonyl (C=O) groups excluding carboxylic acids is 1. The summed E-state index contributed by atoms with van der Waals surface area (Å²) in [6, 6.07) is 0. The van der Waals surface area contributed by atoms with Gasteiger partial charge in [0, 0.05) is 20.7 Å². The fraction of sp³-hybridized carbons (Fsp3) is 0.875. The second-order valence-electron chi connectivity index (χ2n) is 3.19. The van der Waals surface area contributed by atoms with Gasteiger partial charge in [0.1, 0.15) is 0 Å². The van der Waals surface area contributed by atoms with Crippen molar-refractivity contribution in [2.75, 3.05) is 27.3 Å². The summed E-state index contributed by atoms with van der Waals surface area (Å²) in [5, 5.41) is 0. The van der Waals surface area contributed by atoms with E-state index in [1.807, 2.05) is 13.8 Å². The minimum Gasteiger partial charge on any atom is -0.383 e. The van der Waals surface area contributed by atoms with E-state index in [2.05, 4.69) is 15.9 Å². The summed E-state index contributed by atoms with van der Waals surface area (Å²) in [4.78, 5) is 13.1. The Morgan fingerprint density at radius 2 is 2.08 bits per heavy atom. The van der Waals surface area contributed by atoms with Crippen molar-refractivity contribution in [3.05, 3.63) is 0 Å². The van der Waals surface area contributed by atoms with Gasteiger partial charge in [-0.15, -0.1) is 0 Å². The lowest BCUT2D eigenvalue weighted by atomic mass is 10.2. The molecule has 0 unspecified atom stereocenters. The predicted molar refractivity (Wildman–Crippen MR) is 52.5 cm³/mol. The molecule has 4 heteroatoms. The van der Waals surface area contributed by atoms with Crippen molar-refractivity contribution < 1.29 is 9.53 Å². The van der Waals surface area contributed by atoms with E-state index in [9.17, 15) is 4.79 Å². The number of methoxy groups -OCH3 is 1. The molecule has 0 aromatic heterocycles. The van der Waals surface area contributed by atoms with E-state index in [-0.39, 0.29) is 5.91 Å². The average Bonchev–Trinajstić information content (AvgIpc) is 1.97. The first-order chi connectivity index (χ1) is 5.39. The number of ether oxygens (including phenoxy) is 1. The number of alkyl halides is 1. The van der Waals surface area contributed by atoms with Crippen LogP contribution in [0.2, 0.25) is 0 Å². The van der Waals surface area contributed by atoms with Gasteiger partial charge in [0.05, 0.1) is 10.9 Å².